The molecule has 0 saturated carbocycles. The maximum atomic E-state index is 12.5. The Hall–Kier alpha value is -2.47. The molecular weight excluding hydrogens is 358 g/mol. The van der Waals surface area contributed by atoms with Crippen LogP contribution < -0.4 is 10.1 Å². The van der Waals surface area contributed by atoms with Gasteiger partial charge in [-0.15, -0.1) is 11.3 Å². The van der Waals surface area contributed by atoms with Gasteiger partial charge < -0.3 is 10.1 Å². The quantitative estimate of drug-likeness (QED) is 0.750. The smallest absolute Gasteiger partial charge is 0.258 e. The van der Waals surface area contributed by atoms with Crippen LogP contribution in [0.3, 0.4) is 0 Å². The van der Waals surface area contributed by atoms with Gasteiger partial charge in [-0.25, -0.2) is 9.97 Å². The van der Waals surface area contributed by atoms with E-state index < -0.39 is 0 Å². The first-order chi connectivity index (χ1) is 13.3. The third-order valence-electron chi connectivity index (χ3n) is 5.51. The van der Waals surface area contributed by atoms with Gasteiger partial charge in [0, 0.05) is 4.88 Å². The SMILES string of the molecule is O=C(COc1ncnc2sc3c(c12)CCC3)N[C@H]1CCCc2ccccc21. The summed E-state index contributed by atoms with van der Waals surface area (Å²) in [5, 5.41) is 4.14. The number of thiophene rings is 1. The number of carbonyl (C=O) groups excluding carboxylic acids is 1. The first-order valence-electron chi connectivity index (χ1n) is 9.55. The first kappa shape index (κ1) is 16.7. The van der Waals surface area contributed by atoms with E-state index in [0.717, 1.165) is 42.3 Å². The molecule has 0 bridgehead atoms. The number of nitrogens with zero attached hydrogens (tertiary/aromatic N) is 2. The lowest BCUT2D eigenvalue weighted by Crippen LogP contribution is -2.34. The normalized spacial score (nSPS) is 18.1. The number of rotatable bonds is 4. The van der Waals surface area contributed by atoms with E-state index in [0.29, 0.717) is 5.88 Å². The number of ether oxygens (including phenoxy) is 1. The van der Waals surface area contributed by atoms with Crippen LogP contribution in [0.2, 0.25) is 0 Å². The molecule has 1 atom stereocenters. The summed E-state index contributed by atoms with van der Waals surface area (Å²) in [5.41, 5.74) is 3.88. The summed E-state index contributed by atoms with van der Waals surface area (Å²) >= 11 is 1.72. The fourth-order valence-electron chi connectivity index (χ4n) is 4.28. The average molecular weight is 379 g/mol. The highest BCUT2D eigenvalue weighted by molar-refractivity contribution is 7.18. The van der Waals surface area contributed by atoms with Crippen molar-refractivity contribution in [2.75, 3.05) is 6.61 Å². The molecule has 0 spiro atoms. The highest BCUT2D eigenvalue weighted by Gasteiger charge is 2.24. The molecule has 138 valence electrons. The van der Waals surface area contributed by atoms with Crippen LogP contribution in [-0.2, 0) is 24.1 Å². The van der Waals surface area contributed by atoms with Gasteiger partial charge in [-0.3, -0.25) is 4.79 Å². The van der Waals surface area contributed by atoms with Crippen molar-refractivity contribution < 1.29 is 9.53 Å². The van der Waals surface area contributed by atoms with E-state index in [1.54, 1.807) is 11.3 Å². The highest BCUT2D eigenvalue weighted by atomic mass is 32.1. The fraction of sp³-hybridized carbons (Fsp3) is 0.381. The number of hydrogen-bond donors (Lipinski definition) is 1. The molecular formula is C21H21N3O2S. The standard InChI is InChI=1S/C21H21N3O2S/c25-18(24-16-9-3-6-13-5-1-2-7-14(13)16)11-26-20-19-15-8-4-10-17(15)27-21(19)23-12-22-20/h1-2,5,7,12,16H,3-4,6,8-11H2,(H,24,25)/t16-/m0/s1. The lowest BCUT2D eigenvalue weighted by Gasteiger charge is -2.26. The second kappa shape index (κ2) is 6.93. The van der Waals surface area contributed by atoms with Crippen LogP contribution in [0, 0.1) is 0 Å². The van der Waals surface area contributed by atoms with Gasteiger partial charge in [-0.1, -0.05) is 24.3 Å². The molecule has 3 aromatic rings. The number of carbonyl (C=O) groups is 1. The van der Waals surface area contributed by atoms with Crippen molar-refractivity contribution in [3.63, 3.8) is 0 Å². The molecule has 5 rings (SSSR count). The summed E-state index contributed by atoms with van der Waals surface area (Å²) in [6.45, 7) is -0.0185. The van der Waals surface area contributed by atoms with Crippen LogP contribution in [0.25, 0.3) is 10.2 Å². The van der Waals surface area contributed by atoms with E-state index in [9.17, 15) is 4.79 Å². The Morgan fingerprint density at radius 2 is 2.11 bits per heavy atom. The van der Waals surface area contributed by atoms with Gasteiger partial charge in [-0.2, -0.15) is 0 Å². The third kappa shape index (κ3) is 3.08. The Balaban J connectivity index is 1.30. The van der Waals surface area contributed by atoms with Gasteiger partial charge in [0.1, 0.15) is 11.2 Å². The summed E-state index contributed by atoms with van der Waals surface area (Å²) < 4.78 is 5.84. The first-order valence-corrected chi connectivity index (χ1v) is 10.4. The largest absolute Gasteiger partial charge is 0.467 e. The molecule has 0 aliphatic heterocycles. The number of amides is 1. The molecule has 0 radical (unpaired) electrons. The predicted molar refractivity (Wildman–Crippen MR) is 105 cm³/mol. The Morgan fingerprint density at radius 1 is 1.19 bits per heavy atom. The summed E-state index contributed by atoms with van der Waals surface area (Å²) in [6, 6.07) is 8.43. The van der Waals surface area contributed by atoms with Crippen LogP contribution >= 0.6 is 11.3 Å². The second-order valence-corrected chi connectivity index (χ2v) is 8.30. The average Bonchev–Trinajstić information content (AvgIpc) is 3.28. The zero-order valence-corrected chi connectivity index (χ0v) is 15.8. The van der Waals surface area contributed by atoms with Crippen LogP contribution in [0.4, 0.5) is 0 Å². The molecule has 6 heteroatoms. The van der Waals surface area contributed by atoms with Gasteiger partial charge >= 0.3 is 0 Å². The number of nitrogens with one attached hydrogen (secondary N) is 1. The highest BCUT2D eigenvalue weighted by Crippen LogP contribution is 2.39. The molecule has 2 aliphatic carbocycles. The second-order valence-electron chi connectivity index (χ2n) is 7.22. The summed E-state index contributed by atoms with van der Waals surface area (Å²) in [6.07, 6.45) is 8.00. The zero-order valence-electron chi connectivity index (χ0n) is 15.0. The molecule has 5 nitrogen and oxygen atoms in total. The van der Waals surface area contributed by atoms with E-state index in [4.69, 9.17) is 4.74 Å². The van der Waals surface area contributed by atoms with Crippen molar-refractivity contribution >= 4 is 27.5 Å². The lowest BCUT2D eigenvalue weighted by molar-refractivity contribution is -0.124. The maximum absolute atomic E-state index is 12.5. The van der Waals surface area contributed by atoms with Gasteiger partial charge in [0.25, 0.3) is 5.91 Å². The molecule has 0 unspecified atom stereocenters. The van der Waals surface area contributed by atoms with Crippen molar-refractivity contribution in [3.05, 3.63) is 52.2 Å². The van der Waals surface area contributed by atoms with E-state index in [2.05, 4.69) is 33.5 Å². The summed E-state index contributed by atoms with van der Waals surface area (Å²) in [7, 11) is 0. The monoisotopic (exact) mass is 379 g/mol. The van der Waals surface area contributed by atoms with Gasteiger partial charge in [-0.05, 0) is 55.2 Å². The van der Waals surface area contributed by atoms with Crippen molar-refractivity contribution in [1.29, 1.82) is 0 Å². The Kier molecular flexibility index (Phi) is 4.28. The van der Waals surface area contributed by atoms with Crippen LogP contribution in [-0.4, -0.2) is 22.5 Å². The number of aryl methyl sites for hydroxylation is 3. The minimum absolute atomic E-state index is 0.0185. The summed E-state index contributed by atoms with van der Waals surface area (Å²) in [5.74, 6) is 0.439. The number of hydrogen-bond acceptors (Lipinski definition) is 5. The minimum Gasteiger partial charge on any atom is -0.467 e. The van der Waals surface area contributed by atoms with Gasteiger partial charge in [0.15, 0.2) is 6.61 Å². The maximum Gasteiger partial charge on any atom is 0.258 e. The van der Waals surface area contributed by atoms with Gasteiger partial charge in [0.2, 0.25) is 5.88 Å². The molecule has 0 fully saturated rings. The van der Waals surface area contributed by atoms with Crippen molar-refractivity contribution in [3.8, 4) is 5.88 Å². The Bertz CT molecular complexity index is 1010. The molecule has 1 amide bonds. The number of aromatic nitrogens is 2. The molecule has 1 N–H and O–H groups in total. The lowest BCUT2D eigenvalue weighted by atomic mass is 9.88. The fourth-order valence-corrected chi connectivity index (χ4v) is 5.50. The van der Waals surface area contributed by atoms with E-state index in [1.807, 2.05) is 6.07 Å². The van der Waals surface area contributed by atoms with E-state index in [-0.39, 0.29) is 18.6 Å². The minimum atomic E-state index is -0.102. The van der Waals surface area contributed by atoms with Crippen LogP contribution in [0.5, 0.6) is 5.88 Å². The molecule has 2 aromatic heterocycles. The molecule has 2 heterocycles. The Morgan fingerprint density at radius 3 is 3.07 bits per heavy atom. The topological polar surface area (TPSA) is 64.1 Å². The van der Waals surface area contributed by atoms with Crippen LogP contribution in [0.15, 0.2) is 30.6 Å². The van der Waals surface area contributed by atoms with Crippen molar-refractivity contribution in [2.24, 2.45) is 0 Å². The number of fused-ring (bicyclic) bond motifs is 4. The van der Waals surface area contributed by atoms with E-state index in [1.165, 1.54) is 34.3 Å². The molecule has 27 heavy (non-hydrogen) atoms. The Labute approximate surface area is 161 Å². The van der Waals surface area contributed by atoms with Crippen molar-refractivity contribution in [2.45, 2.75) is 44.6 Å². The zero-order chi connectivity index (χ0) is 18.2. The van der Waals surface area contributed by atoms with Crippen LogP contribution in [0.1, 0.15) is 46.9 Å². The van der Waals surface area contributed by atoms with Gasteiger partial charge in [0.05, 0.1) is 11.4 Å². The summed E-state index contributed by atoms with van der Waals surface area (Å²) in [4.78, 5) is 23.6. The van der Waals surface area contributed by atoms with Crippen molar-refractivity contribution in [1.82, 2.24) is 15.3 Å². The van der Waals surface area contributed by atoms with E-state index >= 15 is 0 Å². The number of benzene rings is 1. The molecule has 2 aliphatic rings. The predicted octanol–water partition coefficient (Wildman–Crippen LogP) is 3.75. The molecule has 1 aromatic carbocycles. The molecule has 0 saturated heterocycles. The third-order valence-corrected chi connectivity index (χ3v) is 6.71.